The van der Waals surface area contributed by atoms with Crippen molar-refractivity contribution in [3.8, 4) is 0 Å². The van der Waals surface area contributed by atoms with Crippen molar-refractivity contribution in [2.24, 2.45) is 0 Å². The van der Waals surface area contributed by atoms with Gasteiger partial charge in [0.1, 0.15) is 6.26 Å². The molecular weight excluding hydrogens is 127 g/mol. The maximum absolute atomic E-state index is 4.73. The minimum Gasteiger partial charge on any atom is -0.472 e. The van der Waals surface area contributed by atoms with E-state index >= 15 is 0 Å². The van der Waals surface area contributed by atoms with E-state index in [-0.39, 0.29) is 0 Å². The minimum absolute atomic E-state index is 0.855. The summed E-state index contributed by atoms with van der Waals surface area (Å²) in [5.41, 5.74) is 0. The summed E-state index contributed by atoms with van der Waals surface area (Å²) >= 11 is 4.68. The van der Waals surface area contributed by atoms with Gasteiger partial charge in [0.15, 0.2) is 0 Å². The highest BCUT2D eigenvalue weighted by Crippen LogP contribution is 1.93. The highest BCUT2D eigenvalue weighted by atomic mass is 32.4. The average molecular weight is 130 g/mol. The smallest absolute Gasteiger partial charge is 0.103 e. The van der Waals surface area contributed by atoms with Gasteiger partial charge in [0.2, 0.25) is 0 Å². The molecule has 0 aliphatic rings. The second kappa shape index (κ2) is 2.20. The molecule has 0 aliphatic carbocycles. The molecule has 1 rings (SSSR count). The normalized spacial score (nSPS) is 9.71. The number of hydrogen-bond donors (Lipinski definition) is 0. The van der Waals surface area contributed by atoms with Crippen LogP contribution in [0, 0.1) is 0 Å². The molecule has 0 bridgehead atoms. The molecule has 0 saturated heterocycles. The van der Waals surface area contributed by atoms with Gasteiger partial charge in [-0.1, -0.05) is 11.8 Å². The molecular formula is C4H3OPS. The van der Waals surface area contributed by atoms with Gasteiger partial charge in [-0.15, -0.1) is 0 Å². The Bertz CT molecular complexity index is 147. The monoisotopic (exact) mass is 130 g/mol. The SMILES string of the molecule is S=Pc1ccoc1. The van der Waals surface area contributed by atoms with Crippen LogP contribution in [0.2, 0.25) is 0 Å². The summed E-state index contributed by atoms with van der Waals surface area (Å²) in [5, 5.41) is 1.05. The fourth-order valence-corrected chi connectivity index (χ4v) is 0.847. The van der Waals surface area contributed by atoms with Crippen molar-refractivity contribution < 1.29 is 4.42 Å². The first-order valence-corrected chi connectivity index (χ1v) is 3.70. The number of rotatable bonds is 1. The van der Waals surface area contributed by atoms with Crippen molar-refractivity contribution >= 4 is 24.5 Å². The maximum atomic E-state index is 4.73. The summed E-state index contributed by atoms with van der Waals surface area (Å²) in [5.74, 6) is 0. The number of hydrogen-bond acceptors (Lipinski definition) is 2. The average Bonchev–Trinajstić information content (AvgIpc) is 2.14. The first kappa shape index (κ1) is 4.95. The molecule has 36 valence electrons. The molecule has 1 nitrogen and oxygen atoms in total. The van der Waals surface area contributed by atoms with E-state index in [9.17, 15) is 0 Å². The molecule has 0 N–H and O–H groups in total. The van der Waals surface area contributed by atoms with Crippen molar-refractivity contribution in [3.05, 3.63) is 18.6 Å². The highest BCUT2D eigenvalue weighted by molar-refractivity contribution is 7.99. The zero-order valence-corrected chi connectivity index (χ0v) is 5.21. The first-order chi connectivity index (χ1) is 3.43. The van der Waals surface area contributed by atoms with Gasteiger partial charge in [-0.05, 0) is 6.07 Å². The van der Waals surface area contributed by atoms with E-state index in [1.807, 2.05) is 6.07 Å². The third kappa shape index (κ3) is 1.08. The lowest BCUT2D eigenvalue weighted by Crippen LogP contribution is -1.76. The van der Waals surface area contributed by atoms with Crippen LogP contribution < -0.4 is 5.30 Å². The summed E-state index contributed by atoms with van der Waals surface area (Å²) in [6, 6.07) is 1.86. The molecule has 0 unspecified atom stereocenters. The van der Waals surface area contributed by atoms with E-state index in [2.05, 4.69) is 11.8 Å². The summed E-state index contributed by atoms with van der Waals surface area (Å²) < 4.78 is 4.73. The third-order valence-corrected chi connectivity index (χ3v) is 1.71. The van der Waals surface area contributed by atoms with Gasteiger partial charge in [-0.2, -0.15) is 0 Å². The Hall–Kier alpha value is -0.200. The Kier molecular flexibility index (Phi) is 1.55. The lowest BCUT2D eigenvalue weighted by Gasteiger charge is -1.65. The minimum atomic E-state index is 0.855. The van der Waals surface area contributed by atoms with Crippen molar-refractivity contribution in [3.63, 3.8) is 0 Å². The quantitative estimate of drug-likeness (QED) is 0.532. The van der Waals surface area contributed by atoms with Gasteiger partial charge < -0.3 is 4.42 Å². The van der Waals surface area contributed by atoms with Crippen molar-refractivity contribution in [2.75, 3.05) is 0 Å². The fraction of sp³-hybridized carbons (Fsp3) is 0. The molecule has 0 saturated carbocycles. The zero-order valence-electron chi connectivity index (χ0n) is 3.50. The van der Waals surface area contributed by atoms with E-state index in [0.29, 0.717) is 0 Å². The highest BCUT2D eigenvalue weighted by Gasteiger charge is 1.82. The Morgan fingerprint density at radius 3 is 2.86 bits per heavy atom. The first-order valence-electron chi connectivity index (χ1n) is 1.79. The van der Waals surface area contributed by atoms with Gasteiger partial charge in [-0.25, -0.2) is 0 Å². The van der Waals surface area contributed by atoms with Gasteiger partial charge in [0, 0.05) is 7.36 Å². The van der Waals surface area contributed by atoms with Crippen LogP contribution in [0.1, 0.15) is 0 Å². The largest absolute Gasteiger partial charge is 0.472 e. The van der Waals surface area contributed by atoms with Crippen molar-refractivity contribution in [1.29, 1.82) is 0 Å². The molecule has 3 heteroatoms. The summed E-state index contributed by atoms with van der Waals surface area (Å²) in [4.78, 5) is 0. The molecule has 0 atom stereocenters. The second-order valence-corrected chi connectivity index (χ2v) is 2.32. The summed E-state index contributed by atoms with van der Waals surface area (Å²) in [6.45, 7) is 0. The molecule has 0 aromatic carbocycles. The molecule has 1 aromatic rings. The van der Waals surface area contributed by atoms with Gasteiger partial charge in [-0.3, -0.25) is 0 Å². The standard InChI is InChI=1S/C4H3OPS/c7-6-4-1-2-5-3-4/h1-3H. The van der Waals surface area contributed by atoms with Crippen LogP contribution in [0.15, 0.2) is 23.0 Å². The molecule has 0 aliphatic heterocycles. The van der Waals surface area contributed by atoms with Crippen LogP contribution in [0.4, 0.5) is 0 Å². The number of furan rings is 1. The predicted octanol–water partition coefficient (Wildman–Crippen LogP) is 1.31. The fourth-order valence-electron chi connectivity index (χ4n) is 0.309. The van der Waals surface area contributed by atoms with Crippen LogP contribution in [-0.4, -0.2) is 0 Å². The third-order valence-electron chi connectivity index (χ3n) is 0.612. The van der Waals surface area contributed by atoms with E-state index in [4.69, 9.17) is 4.42 Å². The molecule has 7 heavy (non-hydrogen) atoms. The van der Waals surface area contributed by atoms with Gasteiger partial charge in [0.25, 0.3) is 0 Å². The Morgan fingerprint density at radius 2 is 2.57 bits per heavy atom. The zero-order chi connectivity index (χ0) is 5.11. The van der Waals surface area contributed by atoms with Crippen LogP contribution in [0.25, 0.3) is 0 Å². The maximum Gasteiger partial charge on any atom is 0.103 e. The topological polar surface area (TPSA) is 13.1 Å². The van der Waals surface area contributed by atoms with Crippen LogP contribution >= 0.6 is 7.36 Å². The van der Waals surface area contributed by atoms with Gasteiger partial charge >= 0.3 is 0 Å². The van der Waals surface area contributed by atoms with E-state index in [0.717, 1.165) is 12.7 Å². The summed E-state index contributed by atoms with van der Waals surface area (Å²) in [7, 11) is 0.855. The van der Waals surface area contributed by atoms with Crippen molar-refractivity contribution in [2.45, 2.75) is 0 Å². The predicted molar refractivity (Wildman–Crippen MR) is 32.6 cm³/mol. The Labute approximate surface area is 48.2 Å². The van der Waals surface area contributed by atoms with Crippen LogP contribution in [0.5, 0.6) is 0 Å². The second-order valence-electron chi connectivity index (χ2n) is 1.07. The Balaban J connectivity index is 2.96. The van der Waals surface area contributed by atoms with E-state index < -0.39 is 0 Å². The molecule has 0 amide bonds. The van der Waals surface area contributed by atoms with Crippen molar-refractivity contribution in [1.82, 2.24) is 0 Å². The van der Waals surface area contributed by atoms with E-state index in [1.54, 1.807) is 12.5 Å². The Morgan fingerprint density at radius 1 is 1.71 bits per heavy atom. The summed E-state index contributed by atoms with van der Waals surface area (Å²) in [6.07, 6.45) is 3.27. The van der Waals surface area contributed by atoms with Crippen LogP contribution in [-0.2, 0) is 11.8 Å². The lowest BCUT2D eigenvalue weighted by molar-refractivity contribution is 0.569. The van der Waals surface area contributed by atoms with E-state index in [1.165, 1.54) is 0 Å². The van der Waals surface area contributed by atoms with Crippen LogP contribution in [0.3, 0.4) is 0 Å². The lowest BCUT2D eigenvalue weighted by atomic mass is 10.7. The van der Waals surface area contributed by atoms with Gasteiger partial charge in [0.05, 0.1) is 11.6 Å². The molecule has 0 spiro atoms. The molecule has 0 radical (unpaired) electrons. The molecule has 1 aromatic heterocycles. The molecule has 1 heterocycles. The molecule has 0 fully saturated rings.